The van der Waals surface area contributed by atoms with Crippen molar-refractivity contribution < 1.29 is 4.79 Å². The van der Waals surface area contributed by atoms with E-state index in [4.69, 9.17) is 0 Å². The zero-order valence-electron chi connectivity index (χ0n) is 12.8. The van der Waals surface area contributed by atoms with Gasteiger partial charge >= 0.3 is 0 Å². The number of benzene rings is 1. The molecule has 0 unspecified atom stereocenters. The van der Waals surface area contributed by atoms with Crippen molar-refractivity contribution in [2.24, 2.45) is 5.92 Å². The van der Waals surface area contributed by atoms with E-state index in [2.05, 4.69) is 33.4 Å². The van der Waals surface area contributed by atoms with Gasteiger partial charge in [-0.2, -0.15) is 0 Å². The van der Waals surface area contributed by atoms with Gasteiger partial charge in [0.25, 0.3) is 0 Å². The van der Waals surface area contributed by atoms with E-state index in [0.29, 0.717) is 13.0 Å². The second-order valence-electron chi connectivity index (χ2n) is 6.71. The number of fused-ring (bicyclic) bond motifs is 3. The molecular formula is C18H23N3O. The number of hydrogen-bond donors (Lipinski definition) is 2. The summed E-state index contributed by atoms with van der Waals surface area (Å²) in [6.45, 7) is 2.74. The summed E-state index contributed by atoms with van der Waals surface area (Å²) in [5.41, 5.74) is 2.30. The van der Waals surface area contributed by atoms with Crippen LogP contribution in [0.2, 0.25) is 0 Å². The molecule has 0 radical (unpaired) electrons. The summed E-state index contributed by atoms with van der Waals surface area (Å²) in [5.74, 6) is 1.06. The Kier molecular flexibility index (Phi) is 3.62. The Morgan fingerprint density at radius 2 is 2.27 bits per heavy atom. The lowest BCUT2D eigenvalue weighted by Gasteiger charge is -2.26. The van der Waals surface area contributed by atoms with E-state index in [1.54, 1.807) is 0 Å². The highest BCUT2D eigenvalue weighted by Gasteiger charge is 2.37. The minimum absolute atomic E-state index is 0.162. The summed E-state index contributed by atoms with van der Waals surface area (Å²) in [7, 11) is 0. The second kappa shape index (κ2) is 5.76. The first-order valence-electron chi connectivity index (χ1n) is 8.35. The van der Waals surface area contributed by atoms with E-state index < -0.39 is 0 Å². The number of aromatic amines is 1. The number of piperidine rings is 1. The maximum atomic E-state index is 12.1. The Hall–Kier alpha value is -1.81. The van der Waals surface area contributed by atoms with E-state index in [1.165, 1.54) is 36.8 Å². The molecule has 1 saturated heterocycles. The highest BCUT2D eigenvalue weighted by atomic mass is 16.1. The summed E-state index contributed by atoms with van der Waals surface area (Å²) in [6, 6.07) is 8.99. The summed E-state index contributed by atoms with van der Waals surface area (Å²) in [6.07, 6.45) is 6.65. The lowest BCUT2D eigenvalue weighted by molar-refractivity contribution is -0.121. The van der Waals surface area contributed by atoms with Crippen molar-refractivity contribution in [3.05, 3.63) is 36.0 Å². The van der Waals surface area contributed by atoms with Crippen LogP contribution in [-0.2, 0) is 11.3 Å². The van der Waals surface area contributed by atoms with Gasteiger partial charge in [0, 0.05) is 49.2 Å². The predicted octanol–water partition coefficient (Wildman–Crippen LogP) is 2.66. The zero-order chi connectivity index (χ0) is 14.9. The van der Waals surface area contributed by atoms with Crippen LogP contribution < -0.4 is 5.32 Å². The van der Waals surface area contributed by atoms with Gasteiger partial charge in [-0.25, -0.2) is 0 Å². The second-order valence-corrected chi connectivity index (χ2v) is 6.71. The molecule has 1 saturated carbocycles. The van der Waals surface area contributed by atoms with Gasteiger partial charge in [0.1, 0.15) is 0 Å². The third-order valence-corrected chi connectivity index (χ3v) is 5.31. The minimum Gasteiger partial charge on any atom is -0.361 e. The van der Waals surface area contributed by atoms with Crippen LogP contribution >= 0.6 is 0 Å². The average molecular weight is 297 g/mol. The maximum Gasteiger partial charge on any atom is 0.221 e. The fraction of sp³-hybridized carbons (Fsp3) is 0.500. The van der Waals surface area contributed by atoms with Crippen LogP contribution in [0.1, 0.15) is 31.2 Å². The number of likely N-dealkylation sites (tertiary alicyclic amines) is 1. The fourth-order valence-corrected chi connectivity index (χ4v) is 4.13. The molecule has 22 heavy (non-hydrogen) atoms. The van der Waals surface area contributed by atoms with Crippen LogP contribution in [0, 0.1) is 5.92 Å². The third kappa shape index (κ3) is 2.63. The lowest BCUT2D eigenvalue weighted by Crippen LogP contribution is -2.35. The van der Waals surface area contributed by atoms with Gasteiger partial charge in [-0.15, -0.1) is 0 Å². The number of hydrogen-bond acceptors (Lipinski definition) is 2. The molecule has 1 aliphatic carbocycles. The molecule has 2 N–H and O–H groups in total. The lowest BCUT2D eigenvalue weighted by atomic mass is 10.1. The number of carbonyl (C=O) groups excluding carboxylic acids is 1. The number of H-pyrrole nitrogens is 1. The molecule has 1 aliphatic heterocycles. The van der Waals surface area contributed by atoms with Crippen molar-refractivity contribution in [2.45, 2.75) is 38.3 Å². The van der Waals surface area contributed by atoms with Gasteiger partial charge in [-0.3, -0.25) is 9.69 Å². The van der Waals surface area contributed by atoms with Gasteiger partial charge in [0.2, 0.25) is 5.91 Å². The van der Waals surface area contributed by atoms with Crippen LogP contribution in [0.25, 0.3) is 10.9 Å². The van der Waals surface area contributed by atoms with Gasteiger partial charge < -0.3 is 10.3 Å². The molecule has 4 nitrogen and oxygen atoms in total. The molecule has 116 valence electrons. The first kappa shape index (κ1) is 13.8. The number of nitrogens with one attached hydrogen (secondary N) is 2. The number of rotatable bonds is 5. The molecule has 2 heterocycles. The molecule has 4 heteroatoms. The summed E-state index contributed by atoms with van der Waals surface area (Å²) in [4.78, 5) is 17.8. The first-order valence-corrected chi connectivity index (χ1v) is 8.35. The third-order valence-electron chi connectivity index (χ3n) is 5.31. The van der Waals surface area contributed by atoms with Crippen LogP contribution in [0.5, 0.6) is 0 Å². The van der Waals surface area contributed by atoms with E-state index in [1.807, 2.05) is 12.3 Å². The molecule has 2 aliphatic rings. The Morgan fingerprint density at radius 1 is 1.32 bits per heavy atom. The van der Waals surface area contributed by atoms with E-state index >= 15 is 0 Å². The summed E-state index contributed by atoms with van der Waals surface area (Å²) >= 11 is 0. The van der Waals surface area contributed by atoms with Crippen molar-refractivity contribution in [3.63, 3.8) is 0 Å². The van der Waals surface area contributed by atoms with Gasteiger partial charge in [-0.1, -0.05) is 12.1 Å². The molecule has 0 spiro atoms. The SMILES string of the molecule is O=C(CCN1C[C@H]2CC[C@@H]1C2)NCc1cccc2[nH]ccc12. The normalized spacial score (nSPS) is 24.2. The Morgan fingerprint density at radius 3 is 3.09 bits per heavy atom. The van der Waals surface area contributed by atoms with Crippen molar-refractivity contribution in [1.29, 1.82) is 0 Å². The highest BCUT2D eigenvalue weighted by Crippen LogP contribution is 2.37. The van der Waals surface area contributed by atoms with E-state index in [9.17, 15) is 4.79 Å². The summed E-state index contributed by atoms with van der Waals surface area (Å²) in [5, 5.41) is 4.26. The molecular weight excluding hydrogens is 274 g/mol. The quantitative estimate of drug-likeness (QED) is 0.891. The molecule has 2 aromatic rings. The highest BCUT2D eigenvalue weighted by molar-refractivity contribution is 5.83. The Bertz CT molecular complexity index is 678. The number of nitrogens with zero attached hydrogens (tertiary/aromatic N) is 1. The van der Waals surface area contributed by atoms with E-state index in [0.717, 1.165) is 24.0 Å². The van der Waals surface area contributed by atoms with Crippen LogP contribution in [0.4, 0.5) is 0 Å². The topological polar surface area (TPSA) is 48.1 Å². The molecule has 1 aromatic heterocycles. The smallest absolute Gasteiger partial charge is 0.221 e. The Labute approximate surface area is 130 Å². The summed E-state index contributed by atoms with van der Waals surface area (Å²) < 4.78 is 0. The first-order chi connectivity index (χ1) is 10.8. The number of carbonyl (C=O) groups is 1. The van der Waals surface area contributed by atoms with Crippen molar-refractivity contribution in [1.82, 2.24) is 15.2 Å². The van der Waals surface area contributed by atoms with E-state index in [-0.39, 0.29) is 5.91 Å². The minimum atomic E-state index is 0.162. The molecule has 2 fully saturated rings. The van der Waals surface area contributed by atoms with Gasteiger partial charge in [-0.05, 0) is 42.9 Å². The molecule has 2 bridgehead atoms. The monoisotopic (exact) mass is 297 g/mol. The van der Waals surface area contributed by atoms with Crippen LogP contribution in [-0.4, -0.2) is 34.9 Å². The van der Waals surface area contributed by atoms with Crippen molar-refractivity contribution >= 4 is 16.8 Å². The van der Waals surface area contributed by atoms with Crippen molar-refractivity contribution in [2.75, 3.05) is 13.1 Å². The maximum absolute atomic E-state index is 12.1. The van der Waals surface area contributed by atoms with Gasteiger partial charge in [0.05, 0.1) is 0 Å². The standard InChI is InChI=1S/C18H23N3O/c22-18(7-9-21-12-13-4-5-15(21)10-13)20-11-14-2-1-3-17-16(14)6-8-19-17/h1-3,6,8,13,15,19H,4-5,7,9-12H2,(H,20,22)/t13-,15+/m0/s1. The molecule has 2 atom stereocenters. The fourth-order valence-electron chi connectivity index (χ4n) is 4.13. The largest absolute Gasteiger partial charge is 0.361 e. The molecule has 4 rings (SSSR count). The molecule has 1 amide bonds. The average Bonchev–Trinajstić information content (AvgIpc) is 3.26. The Balaban J connectivity index is 1.28. The van der Waals surface area contributed by atoms with Crippen LogP contribution in [0.15, 0.2) is 30.5 Å². The number of amides is 1. The predicted molar refractivity (Wildman–Crippen MR) is 87.5 cm³/mol. The number of aromatic nitrogens is 1. The van der Waals surface area contributed by atoms with Crippen molar-refractivity contribution in [3.8, 4) is 0 Å². The van der Waals surface area contributed by atoms with Crippen LogP contribution in [0.3, 0.4) is 0 Å². The zero-order valence-corrected chi connectivity index (χ0v) is 12.8. The molecule has 1 aromatic carbocycles. The van der Waals surface area contributed by atoms with Gasteiger partial charge in [0.15, 0.2) is 0 Å².